The van der Waals surface area contributed by atoms with E-state index < -0.39 is 9.85 Å². The van der Waals surface area contributed by atoms with Crippen LogP contribution in [-0.2, 0) is 5.75 Å². The summed E-state index contributed by atoms with van der Waals surface area (Å²) in [6.45, 7) is 0. The Morgan fingerprint density at radius 3 is 2.24 bits per heavy atom. The summed E-state index contributed by atoms with van der Waals surface area (Å²) in [6.07, 6.45) is 0. The minimum absolute atomic E-state index is 0.221. The summed E-state index contributed by atoms with van der Waals surface area (Å²) in [4.78, 5) is 24.7. The van der Waals surface area contributed by atoms with E-state index in [4.69, 9.17) is 4.52 Å². The van der Waals surface area contributed by atoms with Crippen molar-refractivity contribution < 1.29 is 14.4 Å². The molecule has 0 amide bonds. The molecule has 0 saturated carbocycles. The molecule has 126 valence electrons. The van der Waals surface area contributed by atoms with Gasteiger partial charge in [0.2, 0.25) is 5.82 Å². The molecule has 1 aromatic heterocycles. The van der Waals surface area contributed by atoms with Crippen molar-refractivity contribution >= 4 is 23.1 Å². The average molecular weight is 358 g/mol. The Morgan fingerprint density at radius 1 is 1.00 bits per heavy atom. The quantitative estimate of drug-likeness (QED) is 0.369. The first-order chi connectivity index (χ1) is 12.0. The van der Waals surface area contributed by atoms with Gasteiger partial charge in [-0.1, -0.05) is 47.3 Å². The summed E-state index contributed by atoms with van der Waals surface area (Å²) in [6, 6.07) is 12.7. The summed E-state index contributed by atoms with van der Waals surface area (Å²) in [7, 11) is 0. The number of nitro groups is 2. The fourth-order valence-electron chi connectivity index (χ4n) is 2.07. The number of benzene rings is 2. The molecule has 0 unspecified atom stereocenters. The molecular formula is C15H10N4O5S. The van der Waals surface area contributed by atoms with E-state index in [0.29, 0.717) is 11.4 Å². The number of nitrogens with zero attached hydrogens (tertiary/aromatic N) is 4. The summed E-state index contributed by atoms with van der Waals surface area (Å²) >= 11 is 1.14. The van der Waals surface area contributed by atoms with Crippen LogP contribution in [0.15, 0.2) is 58.3 Å². The zero-order valence-corrected chi connectivity index (χ0v) is 13.4. The minimum atomic E-state index is -0.665. The lowest BCUT2D eigenvalue weighted by Gasteiger charge is -1.99. The van der Waals surface area contributed by atoms with Crippen LogP contribution in [0.1, 0.15) is 5.56 Å². The fraction of sp³-hybridized carbons (Fsp3) is 0.0667. The highest BCUT2D eigenvalue weighted by Gasteiger charge is 2.17. The van der Waals surface area contributed by atoms with Crippen LogP contribution >= 0.6 is 11.8 Å². The van der Waals surface area contributed by atoms with Crippen LogP contribution in [-0.4, -0.2) is 20.0 Å². The predicted molar refractivity (Wildman–Crippen MR) is 89.0 cm³/mol. The molecule has 0 aliphatic carbocycles. The van der Waals surface area contributed by atoms with Gasteiger partial charge >= 0.3 is 0 Å². The van der Waals surface area contributed by atoms with Crippen molar-refractivity contribution in [1.82, 2.24) is 10.1 Å². The van der Waals surface area contributed by atoms with Crippen molar-refractivity contribution in [3.63, 3.8) is 0 Å². The van der Waals surface area contributed by atoms with E-state index in [9.17, 15) is 20.2 Å². The molecular weight excluding hydrogens is 348 g/mol. The first kappa shape index (κ1) is 16.6. The van der Waals surface area contributed by atoms with E-state index in [0.717, 1.165) is 23.4 Å². The molecule has 0 radical (unpaired) electrons. The summed E-state index contributed by atoms with van der Waals surface area (Å²) in [5.74, 6) is 0.645. The molecule has 2 aromatic carbocycles. The molecule has 3 rings (SSSR count). The maximum atomic E-state index is 10.9. The Morgan fingerprint density at radius 2 is 1.64 bits per heavy atom. The smallest absolute Gasteiger partial charge is 0.286 e. The minimum Gasteiger partial charge on any atom is -0.327 e. The van der Waals surface area contributed by atoms with Crippen LogP contribution in [0.4, 0.5) is 11.4 Å². The Hall–Kier alpha value is -3.27. The number of hydrogen-bond acceptors (Lipinski definition) is 8. The molecule has 9 nitrogen and oxygen atoms in total. The molecule has 0 atom stereocenters. The number of non-ortho nitro benzene ring substituents is 2. The van der Waals surface area contributed by atoms with Gasteiger partial charge in [-0.25, -0.2) is 0 Å². The molecule has 0 fully saturated rings. The molecule has 3 aromatic rings. The Bertz CT molecular complexity index is 896. The highest BCUT2D eigenvalue weighted by molar-refractivity contribution is 7.98. The zero-order chi connectivity index (χ0) is 17.8. The number of hydrogen-bond donors (Lipinski definition) is 0. The van der Waals surface area contributed by atoms with Crippen LogP contribution in [0, 0.1) is 20.2 Å². The van der Waals surface area contributed by atoms with Gasteiger partial charge in [-0.15, -0.1) is 0 Å². The Labute approximate surface area is 145 Å². The fourth-order valence-corrected chi connectivity index (χ4v) is 2.77. The van der Waals surface area contributed by atoms with Crippen LogP contribution in [0.3, 0.4) is 0 Å². The molecule has 25 heavy (non-hydrogen) atoms. The third-order valence-electron chi connectivity index (χ3n) is 3.19. The second-order valence-corrected chi connectivity index (χ2v) is 5.84. The van der Waals surface area contributed by atoms with E-state index in [1.165, 1.54) is 12.1 Å². The van der Waals surface area contributed by atoms with E-state index in [1.807, 2.05) is 30.3 Å². The van der Waals surface area contributed by atoms with Crippen molar-refractivity contribution in [1.29, 1.82) is 0 Å². The first-order valence-electron chi connectivity index (χ1n) is 6.97. The molecule has 1 heterocycles. The Balaban J connectivity index is 1.77. The SMILES string of the molecule is O=[N+]([O-])c1cc(CSc2nc(-c3ccccc3)no2)cc([N+](=O)[O-])c1. The van der Waals surface area contributed by atoms with Gasteiger partial charge in [-0.05, 0) is 5.56 Å². The van der Waals surface area contributed by atoms with E-state index >= 15 is 0 Å². The highest BCUT2D eigenvalue weighted by Crippen LogP contribution is 2.28. The summed E-state index contributed by atoms with van der Waals surface area (Å²) in [5, 5.41) is 25.9. The molecule has 0 aliphatic rings. The van der Waals surface area contributed by atoms with Gasteiger partial charge in [0.05, 0.1) is 15.9 Å². The molecule has 0 aliphatic heterocycles. The number of nitro benzene ring substituents is 2. The van der Waals surface area contributed by atoms with E-state index in [-0.39, 0.29) is 22.4 Å². The topological polar surface area (TPSA) is 125 Å². The average Bonchev–Trinajstić information content (AvgIpc) is 3.09. The van der Waals surface area contributed by atoms with E-state index in [1.54, 1.807) is 0 Å². The number of thioether (sulfide) groups is 1. The lowest BCUT2D eigenvalue weighted by molar-refractivity contribution is -0.394. The van der Waals surface area contributed by atoms with Gasteiger partial charge in [-0.3, -0.25) is 20.2 Å². The van der Waals surface area contributed by atoms with Gasteiger partial charge in [0.15, 0.2) is 0 Å². The van der Waals surface area contributed by atoms with Crippen molar-refractivity contribution in [2.24, 2.45) is 0 Å². The second kappa shape index (κ2) is 7.09. The van der Waals surface area contributed by atoms with Gasteiger partial charge < -0.3 is 4.52 Å². The number of aromatic nitrogens is 2. The lowest BCUT2D eigenvalue weighted by Crippen LogP contribution is -1.95. The monoisotopic (exact) mass is 358 g/mol. The van der Waals surface area contributed by atoms with Gasteiger partial charge in [0.25, 0.3) is 16.6 Å². The van der Waals surface area contributed by atoms with Crippen LogP contribution < -0.4 is 0 Å². The molecule has 0 N–H and O–H groups in total. The zero-order valence-electron chi connectivity index (χ0n) is 12.6. The Kier molecular flexibility index (Phi) is 4.70. The number of rotatable bonds is 6. The van der Waals surface area contributed by atoms with Crippen LogP contribution in [0.5, 0.6) is 0 Å². The van der Waals surface area contributed by atoms with Crippen LogP contribution in [0.25, 0.3) is 11.4 Å². The third-order valence-corrected chi connectivity index (χ3v) is 4.08. The van der Waals surface area contributed by atoms with Gasteiger partial charge in [0, 0.05) is 23.4 Å². The molecule has 0 bridgehead atoms. The molecule has 10 heteroatoms. The van der Waals surface area contributed by atoms with Crippen molar-refractivity contribution in [3.8, 4) is 11.4 Å². The molecule has 0 spiro atoms. The van der Waals surface area contributed by atoms with Crippen LogP contribution in [0.2, 0.25) is 0 Å². The van der Waals surface area contributed by atoms with Crippen molar-refractivity contribution in [2.75, 3.05) is 0 Å². The molecule has 0 saturated heterocycles. The van der Waals surface area contributed by atoms with E-state index in [2.05, 4.69) is 10.1 Å². The maximum absolute atomic E-state index is 10.9. The normalized spacial score (nSPS) is 10.6. The highest BCUT2D eigenvalue weighted by atomic mass is 32.2. The lowest BCUT2D eigenvalue weighted by atomic mass is 10.2. The first-order valence-corrected chi connectivity index (χ1v) is 7.96. The van der Waals surface area contributed by atoms with Gasteiger partial charge in [-0.2, -0.15) is 4.98 Å². The van der Waals surface area contributed by atoms with Crippen molar-refractivity contribution in [3.05, 3.63) is 74.3 Å². The second-order valence-electron chi connectivity index (χ2n) is 4.91. The van der Waals surface area contributed by atoms with Crippen molar-refractivity contribution in [2.45, 2.75) is 11.0 Å². The third kappa shape index (κ3) is 3.98. The largest absolute Gasteiger partial charge is 0.327 e. The van der Waals surface area contributed by atoms with Gasteiger partial charge in [0.1, 0.15) is 0 Å². The predicted octanol–water partition coefficient (Wildman–Crippen LogP) is 3.85. The maximum Gasteiger partial charge on any atom is 0.286 e. The standard InChI is InChI=1S/C15H10N4O5S/c20-18(21)12-6-10(7-13(8-12)19(22)23)9-25-15-16-14(17-24-15)11-4-2-1-3-5-11/h1-8H,9H2. The summed E-state index contributed by atoms with van der Waals surface area (Å²) < 4.78 is 5.13. The summed E-state index contributed by atoms with van der Waals surface area (Å²) in [5.41, 5.74) is 0.551.